The maximum Gasteiger partial charge on any atom is 0.300 e. The highest BCUT2D eigenvalue weighted by Gasteiger charge is 2.47. The number of Topliss-reactive ketones (excluding diaryl/α,β-unsaturated/α-hetero) is 1. The molecule has 1 amide bonds. The minimum absolute atomic E-state index is 0.0993. The summed E-state index contributed by atoms with van der Waals surface area (Å²) < 4.78 is 5.85. The Bertz CT molecular complexity index is 1230. The molecule has 0 saturated carbocycles. The summed E-state index contributed by atoms with van der Waals surface area (Å²) in [4.78, 5) is 28.7. The van der Waals surface area contributed by atoms with Crippen molar-refractivity contribution >= 4 is 34.5 Å². The number of rotatable bonds is 7. The molecule has 1 aliphatic rings. The molecule has 0 bridgehead atoms. The summed E-state index contributed by atoms with van der Waals surface area (Å²) >= 11 is 1.45. The predicted molar refractivity (Wildman–Crippen MR) is 136 cm³/mol. The van der Waals surface area contributed by atoms with E-state index >= 15 is 0 Å². The van der Waals surface area contributed by atoms with Gasteiger partial charge >= 0.3 is 0 Å². The lowest BCUT2D eigenvalue weighted by molar-refractivity contribution is -0.132. The first-order valence-corrected chi connectivity index (χ1v) is 12.4. The van der Waals surface area contributed by atoms with Crippen molar-refractivity contribution in [2.75, 3.05) is 11.5 Å². The lowest BCUT2D eigenvalue weighted by atomic mass is 9.98. The van der Waals surface area contributed by atoms with Gasteiger partial charge in [0.25, 0.3) is 11.7 Å². The van der Waals surface area contributed by atoms with Crippen molar-refractivity contribution in [2.24, 2.45) is 5.92 Å². The predicted octanol–water partition coefficient (Wildman–Crippen LogP) is 6.28. The first kappa shape index (κ1) is 23.8. The molecule has 1 fully saturated rings. The molecule has 5 nitrogen and oxygen atoms in total. The quantitative estimate of drug-likeness (QED) is 0.248. The number of carbonyl (C=O) groups excluding carboxylic acids is 2. The van der Waals surface area contributed by atoms with Crippen LogP contribution in [0.2, 0.25) is 0 Å². The van der Waals surface area contributed by atoms with Crippen LogP contribution in [0.5, 0.6) is 5.75 Å². The van der Waals surface area contributed by atoms with E-state index < -0.39 is 17.7 Å². The standard InChI is InChI=1S/C28H29NO4S/c1-5-19-8-11-21(12-9-19)29-25(23-7-6-14-34-23)24(27(31)28(29)32)26(30)20-10-13-22(18(4)15-20)33-16-17(2)3/h6-15,17,25,30H,5,16H2,1-4H3/b26-24-. The van der Waals surface area contributed by atoms with E-state index in [9.17, 15) is 14.7 Å². The topological polar surface area (TPSA) is 66.8 Å². The van der Waals surface area contributed by atoms with Crippen LogP contribution in [0.3, 0.4) is 0 Å². The molecular weight excluding hydrogens is 446 g/mol. The Hall–Kier alpha value is -3.38. The molecule has 1 unspecified atom stereocenters. The van der Waals surface area contributed by atoms with E-state index in [1.807, 2.05) is 48.7 Å². The zero-order chi connectivity index (χ0) is 24.4. The second-order valence-corrected chi connectivity index (χ2v) is 9.87. The normalized spacial score (nSPS) is 17.6. The van der Waals surface area contributed by atoms with Crippen LogP contribution in [0.1, 0.15) is 48.4 Å². The monoisotopic (exact) mass is 475 g/mol. The van der Waals surface area contributed by atoms with Crippen LogP contribution in [0.4, 0.5) is 5.69 Å². The Labute approximate surface area is 204 Å². The average molecular weight is 476 g/mol. The number of thiophene rings is 1. The summed E-state index contributed by atoms with van der Waals surface area (Å²) in [6, 6.07) is 16.0. The highest BCUT2D eigenvalue weighted by atomic mass is 32.1. The number of nitrogens with zero attached hydrogens (tertiary/aromatic N) is 1. The van der Waals surface area contributed by atoms with Gasteiger partial charge in [-0.15, -0.1) is 11.3 Å². The van der Waals surface area contributed by atoms with Crippen molar-refractivity contribution in [1.29, 1.82) is 0 Å². The third-order valence-corrected chi connectivity index (χ3v) is 6.83. The van der Waals surface area contributed by atoms with Gasteiger partial charge in [-0.05, 0) is 72.2 Å². The van der Waals surface area contributed by atoms with E-state index in [2.05, 4.69) is 20.8 Å². The fraction of sp³-hybridized carbons (Fsp3) is 0.286. The minimum Gasteiger partial charge on any atom is -0.507 e. The number of carbonyl (C=O) groups is 2. The van der Waals surface area contributed by atoms with Gasteiger partial charge in [0.1, 0.15) is 17.6 Å². The van der Waals surface area contributed by atoms with Crippen LogP contribution in [-0.2, 0) is 16.0 Å². The Morgan fingerprint density at radius 3 is 2.44 bits per heavy atom. The van der Waals surface area contributed by atoms with E-state index in [0.29, 0.717) is 23.8 Å². The van der Waals surface area contributed by atoms with E-state index in [4.69, 9.17) is 4.74 Å². The fourth-order valence-corrected chi connectivity index (χ4v) is 4.90. The van der Waals surface area contributed by atoms with E-state index in [-0.39, 0.29) is 11.3 Å². The molecule has 4 rings (SSSR count). The van der Waals surface area contributed by atoms with Gasteiger partial charge in [0.15, 0.2) is 0 Å². The van der Waals surface area contributed by atoms with E-state index in [0.717, 1.165) is 28.2 Å². The number of aliphatic hydroxyl groups excluding tert-OH is 1. The molecular formula is C28H29NO4S. The first-order chi connectivity index (χ1) is 16.3. The van der Waals surface area contributed by atoms with Gasteiger partial charge in [-0.1, -0.05) is 39.0 Å². The Balaban J connectivity index is 1.79. The molecule has 3 aromatic rings. The molecule has 34 heavy (non-hydrogen) atoms. The van der Waals surface area contributed by atoms with Crippen LogP contribution < -0.4 is 9.64 Å². The first-order valence-electron chi connectivity index (χ1n) is 11.5. The van der Waals surface area contributed by atoms with E-state index in [1.54, 1.807) is 18.2 Å². The number of hydrogen-bond donors (Lipinski definition) is 1. The van der Waals surface area contributed by atoms with Crippen LogP contribution in [0, 0.1) is 12.8 Å². The molecule has 1 aliphatic heterocycles. The summed E-state index contributed by atoms with van der Waals surface area (Å²) in [6.07, 6.45) is 0.879. The summed E-state index contributed by atoms with van der Waals surface area (Å²) in [5.41, 5.74) is 3.20. The Kier molecular flexibility index (Phi) is 6.89. The van der Waals surface area contributed by atoms with Gasteiger partial charge in [-0.3, -0.25) is 14.5 Å². The maximum atomic E-state index is 13.2. The highest BCUT2D eigenvalue weighted by molar-refractivity contribution is 7.10. The van der Waals surface area contributed by atoms with Crippen LogP contribution >= 0.6 is 11.3 Å². The van der Waals surface area contributed by atoms with Gasteiger partial charge in [-0.2, -0.15) is 0 Å². The molecule has 0 aliphatic carbocycles. The second kappa shape index (κ2) is 9.85. The maximum absolute atomic E-state index is 13.2. The van der Waals surface area contributed by atoms with Gasteiger partial charge in [-0.25, -0.2) is 0 Å². The second-order valence-electron chi connectivity index (χ2n) is 8.89. The molecule has 2 aromatic carbocycles. The van der Waals surface area contributed by atoms with Crippen molar-refractivity contribution in [2.45, 2.75) is 40.2 Å². The molecule has 1 atom stereocenters. The number of aryl methyl sites for hydroxylation is 2. The number of benzene rings is 2. The van der Waals surface area contributed by atoms with Crippen molar-refractivity contribution in [3.05, 3.63) is 87.1 Å². The summed E-state index contributed by atoms with van der Waals surface area (Å²) in [5, 5.41) is 13.2. The van der Waals surface area contributed by atoms with Crippen LogP contribution in [-0.4, -0.2) is 23.4 Å². The number of anilines is 1. The summed E-state index contributed by atoms with van der Waals surface area (Å²) in [6.45, 7) is 8.71. The SMILES string of the molecule is CCc1ccc(N2C(=O)C(=O)/C(=C(\O)c3ccc(OCC(C)C)c(C)c3)C2c2cccs2)cc1. The van der Waals surface area contributed by atoms with Gasteiger partial charge < -0.3 is 9.84 Å². The molecule has 176 valence electrons. The smallest absolute Gasteiger partial charge is 0.300 e. The van der Waals surface area contributed by atoms with Crippen LogP contribution in [0.15, 0.2) is 65.6 Å². The third kappa shape index (κ3) is 4.50. The van der Waals surface area contributed by atoms with Gasteiger partial charge in [0, 0.05) is 16.1 Å². The number of ketones is 1. The summed E-state index contributed by atoms with van der Waals surface area (Å²) in [5.74, 6) is -0.383. The highest BCUT2D eigenvalue weighted by Crippen LogP contribution is 2.43. The molecule has 6 heteroatoms. The largest absolute Gasteiger partial charge is 0.507 e. The number of amides is 1. The van der Waals surface area contributed by atoms with Crippen molar-refractivity contribution < 1.29 is 19.4 Å². The van der Waals surface area contributed by atoms with Crippen molar-refractivity contribution in [3.8, 4) is 5.75 Å². The van der Waals surface area contributed by atoms with Crippen molar-refractivity contribution in [3.63, 3.8) is 0 Å². The van der Waals surface area contributed by atoms with Crippen molar-refractivity contribution in [1.82, 2.24) is 0 Å². The number of ether oxygens (including phenoxy) is 1. The number of hydrogen-bond acceptors (Lipinski definition) is 5. The number of aliphatic hydroxyl groups is 1. The van der Waals surface area contributed by atoms with Gasteiger partial charge in [0.05, 0.1) is 12.2 Å². The molecule has 1 N–H and O–H groups in total. The van der Waals surface area contributed by atoms with Gasteiger partial charge in [0.2, 0.25) is 0 Å². The fourth-order valence-electron chi connectivity index (χ4n) is 4.08. The zero-order valence-electron chi connectivity index (χ0n) is 19.9. The molecule has 1 saturated heterocycles. The third-order valence-electron chi connectivity index (χ3n) is 5.90. The van der Waals surface area contributed by atoms with E-state index in [1.165, 1.54) is 16.2 Å². The molecule has 0 radical (unpaired) electrons. The zero-order valence-corrected chi connectivity index (χ0v) is 20.7. The molecule has 0 spiro atoms. The lowest BCUT2D eigenvalue weighted by Gasteiger charge is -2.24. The molecule has 1 aromatic heterocycles. The Morgan fingerprint density at radius 1 is 1.12 bits per heavy atom. The lowest BCUT2D eigenvalue weighted by Crippen LogP contribution is -2.29. The molecule has 2 heterocycles. The average Bonchev–Trinajstić information content (AvgIpc) is 3.45. The summed E-state index contributed by atoms with van der Waals surface area (Å²) in [7, 11) is 0. The minimum atomic E-state index is -0.690. The van der Waals surface area contributed by atoms with Crippen LogP contribution in [0.25, 0.3) is 5.76 Å². The Morgan fingerprint density at radius 2 is 1.85 bits per heavy atom.